The van der Waals surface area contributed by atoms with Gasteiger partial charge in [-0.25, -0.2) is 19.2 Å². The second-order valence-electron chi connectivity index (χ2n) is 2.54. The average molecular weight is 286 g/mol. The number of carboxylic acids is 2. The molecule has 0 bridgehead atoms. The number of aliphatic carboxylic acids is 2. The van der Waals surface area contributed by atoms with Gasteiger partial charge < -0.3 is 14.9 Å². The fourth-order valence-electron chi connectivity index (χ4n) is 0.541. The Morgan fingerprint density at radius 3 is 1.11 bits per heavy atom. The number of carboxylic acid groups (broad SMARTS) is 2. The van der Waals surface area contributed by atoms with Gasteiger partial charge in [0.25, 0.3) is 23.3 Å². The zero-order chi connectivity index (χ0) is 15.3. The molecule has 0 saturated carbocycles. The van der Waals surface area contributed by atoms with Crippen molar-refractivity contribution in [3.8, 4) is 0 Å². The van der Waals surface area contributed by atoms with E-state index in [2.05, 4.69) is 4.74 Å². The molecular formula is C8H2F4O7. The molecule has 0 amide bonds. The molecule has 0 unspecified atom stereocenters. The van der Waals surface area contributed by atoms with Crippen LogP contribution in [-0.4, -0.2) is 34.1 Å². The van der Waals surface area contributed by atoms with Gasteiger partial charge in [0.2, 0.25) is 0 Å². The summed E-state index contributed by atoms with van der Waals surface area (Å²) in [6.45, 7) is 0. The van der Waals surface area contributed by atoms with Crippen molar-refractivity contribution in [1.29, 1.82) is 0 Å². The van der Waals surface area contributed by atoms with Crippen molar-refractivity contribution < 1.29 is 51.7 Å². The van der Waals surface area contributed by atoms with Crippen molar-refractivity contribution in [2.75, 3.05) is 0 Å². The van der Waals surface area contributed by atoms with Crippen LogP contribution in [0.3, 0.4) is 0 Å². The third-order valence-corrected chi connectivity index (χ3v) is 1.30. The Bertz CT molecular complexity index is 473. The van der Waals surface area contributed by atoms with E-state index in [0.717, 1.165) is 0 Å². The minimum atomic E-state index is -2.69. The van der Waals surface area contributed by atoms with Crippen molar-refractivity contribution in [3.05, 3.63) is 23.3 Å². The minimum Gasteiger partial charge on any atom is -0.476 e. The topological polar surface area (TPSA) is 118 Å². The molecule has 0 rings (SSSR count). The number of hydrogen-bond acceptors (Lipinski definition) is 5. The number of ether oxygens (including phenoxy) is 1. The van der Waals surface area contributed by atoms with E-state index in [1.54, 1.807) is 0 Å². The molecule has 0 fully saturated rings. The molecule has 0 aliphatic rings. The second kappa shape index (κ2) is 6.28. The standard InChI is InChI=1S/C8H2F4O7/c9-1(5(13)14)3(11)7(17)19-8(18)4(12)2(10)6(15)16/h(H,13,14)(H,15,16)/b3-1+,4-2+. The second-order valence-corrected chi connectivity index (χ2v) is 2.54. The third kappa shape index (κ3) is 4.22. The molecule has 0 saturated heterocycles. The predicted molar refractivity (Wildman–Crippen MR) is 44.9 cm³/mol. The molecule has 11 heteroatoms. The zero-order valence-corrected chi connectivity index (χ0v) is 8.45. The van der Waals surface area contributed by atoms with E-state index >= 15 is 0 Å². The molecule has 0 aromatic heterocycles. The van der Waals surface area contributed by atoms with Crippen LogP contribution in [0.1, 0.15) is 0 Å². The van der Waals surface area contributed by atoms with E-state index < -0.39 is 47.2 Å². The molecule has 0 aliphatic heterocycles. The Hall–Kier alpha value is -2.72. The van der Waals surface area contributed by atoms with Crippen molar-refractivity contribution in [2.45, 2.75) is 0 Å². The van der Waals surface area contributed by atoms with Gasteiger partial charge in [0.15, 0.2) is 0 Å². The monoisotopic (exact) mass is 286 g/mol. The van der Waals surface area contributed by atoms with Gasteiger partial charge in [-0.1, -0.05) is 0 Å². The summed E-state index contributed by atoms with van der Waals surface area (Å²) in [6.07, 6.45) is 0. The molecule has 2 N–H and O–H groups in total. The van der Waals surface area contributed by atoms with Gasteiger partial charge >= 0.3 is 23.9 Å². The van der Waals surface area contributed by atoms with Crippen LogP contribution in [0.15, 0.2) is 23.3 Å². The normalized spacial score (nSPS) is 13.1. The zero-order valence-electron chi connectivity index (χ0n) is 8.45. The first-order valence-electron chi connectivity index (χ1n) is 3.93. The molecule has 0 aromatic carbocycles. The fourth-order valence-corrected chi connectivity index (χ4v) is 0.541. The first-order valence-corrected chi connectivity index (χ1v) is 3.93. The van der Waals surface area contributed by atoms with Crippen LogP contribution >= 0.6 is 0 Å². The first kappa shape index (κ1) is 16.3. The lowest BCUT2D eigenvalue weighted by molar-refractivity contribution is -0.157. The summed E-state index contributed by atoms with van der Waals surface area (Å²) in [4.78, 5) is 40.9. The summed E-state index contributed by atoms with van der Waals surface area (Å²) in [5, 5.41) is 15.8. The molecule has 19 heavy (non-hydrogen) atoms. The highest BCUT2D eigenvalue weighted by Crippen LogP contribution is 2.14. The Morgan fingerprint density at radius 1 is 0.632 bits per heavy atom. The van der Waals surface area contributed by atoms with Crippen LogP contribution in [0.25, 0.3) is 0 Å². The average Bonchev–Trinajstić information content (AvgIpc) is 2.34. The maximum atomic E-state index is 12.6. The number of rotatable bonds is 4. The largest absolute Gasteiger partial charge is 0.476 e. The SMILES string of the molecule is O=C(O)/C(F)=C(\F)C(=O)OC(=O)/C(F)=C(\F)C(=O)O. The minimum absolute atomic E-state index is 2.52. The van der Waals surface area contributed by atoms with E-state index in [1.807, 2.05) is 0 Å². The summed E-state index contributed by atoms with van der Waals surface area (Å²) < 4.78 is 53.0. The Balaban J connectivity index is 5.11. The third-order valence-electron chi connectivity index (χ3n) is 1.30. The van der Waals surface area contributed by atoms with Crippen molar-refractivity contribution in [2.24, 2.45) is 0 Å². The lowest BCUT2D eigenvalue weighted by Gasteiger charge is -1.99. The van der Waals surface area contributed by atoms with E-state index in [4.69, 9.17) is 10.2 Å². The van der Waals surface area contributed by atoms with E-state index in [0.29, 0.717) is 0 Å². The maximum Gasteiger partial charge on any atom is 0.378 e. The number of halogens is 4. The summed E-state index contributed by atoms with van der Waals surface area (Å²) in [7, 11) is 0. The van der Waals surface area contributed by atoms with E-state index in [9.17, 15) is 36.7 Å². The van der Waals surface area contributed by atoms with E-state index in [-0.39, 0.29) is 0 Å². The lowest BCUT2D eigenvalue weighted by Crippen LogP contribution is -2.17. The number of hydrogen-bond donors (Lipinski definition) is 2. The van der Waals surface area contributed by atoms with Crippen LogP contribution in [0.4, 0.5) is 17.6 Å². The van der Waals surface area contributed by atoms with Crippen LogP contribution in [0, 0.1) is 0 Å². The maximum absolute atomic E-state index is 12.6. The molecule has 0 atom stereocenters. The van der Waals surface area contributed by atoms with Crippen LogP contribution in [0.5, 0.6) is 0 Å². The molecule has 0 radical (unpaired) electrons. The summed E-state index contributed by atoms with van der Waals surface area (Å²) in [5.41, 5.74) is 0. The molecule has 0 aliphatic carbocycles. The molecule has 0 heterocycles. The van der Waals surface area contributed by atoms with Gasteiger partial charge in [0.05, 0.1) is 0 Å². The van der Waals surface area contributed by atoms with Crippen LogP contribution in [-0.2, 0) is 23.9 Å². The first-order chi connectivity index (χ1) is 8.59. The summed E-state index contributed by atoms with van der Waals surface area (Å²) in [6, 6.07) is 0. The number of carbonyl (C=O) groups is 4. The predicted octanol–water partition coefficient (Wildman–Crippen LogP) is 0.527. The number of carbonyl (C=O) groups excluding carboxylic acids is 2. The van der Waals surface area contributed by atoms with Gasteiger partial charge in [-0.2, -0.15) is 17.6 Å². The van der Waals surface area contributed by atoms with Gasteiger partial charge in [-0.15, -0.1) is 0 Å². The van der Waals surface area contributed by atoms with Gasteiger partial charge in [-0.05, 0) is 0 Å². The quantitative estimate of drug-likeness (QED) is 0.335. The highest BCUT2D eigenvalue weighted by Gasteiger charge is 2.29. The van der Waals surface area contributed by atoms with Crippen LogP contribution < -0.4 is 0 Å². The smallest absolute Gasteiger partial charge is 0.378 e. The van der Waals surface area contributed by atoms with Crippen molar-refractivity contribution in [3.63, 3.8) is 0 Å². The Morgan fingerprint density at radius 2 is 0.895 bits per heavy atom. The summed E-state index contributed by atoms with van der Waals surface area (Å²) in [5.74, 6) is -20.8. The molecule has 7 nitrogen and oxygen atoms in total. The highest BCUT2D eigenvalue weighted by molar-refractivity contribution is 6.05. The Kier molecular flexibility index (Phi) is 5.38. The highest BCUT2D eigenvalue weighted by atomic mass is 19.2. The summed E-state index contributed by atoms with van der Waals surface area (Å²) >= 11 is 0. The van der Waals surface area contributed by atoms with E-state index in [1.165, 1.54) is 0 Å². The number of esters is 2. The van der Waals surface area contributed by atoms with Crippen LogP contribution in [0.2, 0.25) is 0 Å². The molecule has 0 spiro atoms. The molecular weight excluding hydrogens is 284 g/mol. The van der Waals surface area contributed by atoms with Crippen molar-refractivity contribution >= 4 is 23.9 Å². The fraction of sp³-hybridized carbons (Fsp3) is 0. The van der Waals surface area contributed by atoms with Gasteiger partial charge in [0.1, 0.15) is 0 Å². The van der Waals surface area contributed by atoms with Gasteiger partial charge in [-0.3, -0.25) is 0 Å². The lowest BCUT2D eigenvalue weighted by atomic mass is 10.4. The van der Waals surface area contributed by atoms with Crippen molar-refractivity contribution in [1.82, 2.24) is 0 Å². The Labute approximate surface area is 99.9 Å². The van der Waals surface area contributed by atoms with Gasteiger partial charge in [0, 0.05) is 0 Å². The molecule has 104 valence electrons. The molecule has 0 aromatic rings.